The van der Waals surface area contributed by atoms with Crippen LogP contribution in [-0.2, 0) is 6.54 Å². The summed E-state index contributed by atoms with van der Waals surface area (Å²) in [6, 6.07) is 3.03. The van der Waals surface area contributed by atoms with Gasteiger partial charge in [-0.25, -0.2) is 9.97 Å². The van der Waals surface area contributed by atoms with Crippen molar-refractivity contribution < 1.29 is 4.79 Å². The summed E-state index contributed by atoms with van der Waals surface area (Å²) in [4.78, 5) is 19.4. The molecule has 6 nitrogen and oxygen atoms in total. The van der Waals surface area contributed by atoms with E-state index in [2.05, 4.69) is 25.5 Å². The van der Waals surface area contributed by atoms with Crippen molar-refractivity contribution in [3.8, 4) is 0 Å². The molecule has 88 valence electrons. The molecule has 0 fully saturated rings. The minimum atomic E-state index is -0.422. The van der Waals surface area contributed by atoms with Crippen LogP contribution in [0.2, 0.25) is 10.2 Å². The molecule has 2 N–H and O–H groups in total. The van der Waals surface area contributed by atoms with Gasteiger partial charge in [0.25, 0.3) is 5.91 Å². The Morgan fingerprint density at radius 1 is 1.41 bits per heavy atom. The average Bonchev–Trinajstić information content (AvgIpc) is 2.82. The molecule has 1 amide bonds. The number of rotatable bonds is 3. The first-order valence-electron chi connectivity index (χ1n) is 4.61. The number of amides is 1. The van der Waals surface area contributed by atoms with Gasteiger partial charge in [0.2, 0.25) is 0 Å². The third kappa shape index (κ3) is 2.92. The fourth-order valence-electron chi connectivity index (χ4n) is 1.14. The predicted octanol–water partition coefficient (Wildman–Crippen LogP) is 1.44. The Kier molecular flexibility index (Phi) is 3.55. The number of aromatic amines is 1. The van der Waals surface area contributed by atoms with Gasteiger partial charge in [-0.3, -0.25) is 9.89 Å². The van der Waals surface area contributed by atoms with Crippen molar-refractivity contribution in [2.45, 2.75) is 6.54 Å². The Morgan fingerprint density at radius 3 is 2.94 bits per heavy atom. The summed E-state index contributed by atoms with van der Waals surface area (Å²) in [5.41, 5.74) is 0.0821. The molecular formula is C9H7Cl2N5O. The van der Waals surface area contributed by atoms with Gasteiger partial charge in [0.05, 0.1) is 11.6 Å². The number of halogens is 2. The molecule has 0 aliphatic rings. The molecule has 0 aromatic carbocycles. The van der Waals surface area contributed by atoms with Crippen LogP contribution in [0.25, 0.3) is 0 Å². The number of nitrogens with one attached hydrogen (secondary N) is 2. The molecule has 0 spiro atoms. The fourth-order valence-corrected chi connectivity index (χ4v) is 1.48. The fraction of sp³-hybridized carbons (Fsp3) is 0.111. The molecule has 2 rings (SSSR count). The molecule has 0 saturated heterocycles. The predicted molar refractivity (Wildman–Crippen MR) is 61.8 cm³/mol. The third-order valence-electron chi connectivity index (χ3n) is 1.91. The number of hydrogen-bond donors (Lipinski definition) is 2. The van der Waals surface area contributed by atoms with Crippen molar-refractivity contribution in [2.75, 3.05) is 0 Å². The van der Waals surface area contributed by atoms with Crippen LogP contribution in [-0.4, -0.2) is 26.1 Å². The van der Waals surface area contributed by atoms with E-state index in [9.17, 15) is 4.79 Å². The van der Waals surface area contributed by atoms with E-state index in [0.29, 0.717) is 5.82 Å². The van der Waals surface area contributed by atoms with Crippen LogP contribution in [0, 0.1) is 0 Å². The molecule has 0 radical (unpaired) electrons. The maximum Gasteiger partial charge on any atom is 0.271 e. The smallest absolute Gasteiger partial charge is 0.271 e. The van der Waals surface area contributed by atoms with Crippen molar-refractivity contribution in [3.63, 3.8) is 0 Å². The SMILES string of the molecule is O=C(NCc1ncn[nH]1)c1nc(Cl)ccc1Cl. The van der Waals surface area contributed by atoms with Crippen LogP contribution in [0.1, 0.15) is 16.3 Å². The van der Waals surface area contributed by atoms with Gasteiger partial charge in [-0.15, -0.1) is 0 Å². The molecule has 0 atom stereocenters. The molecule has 0 saturated carbocycles. The van der Waals surface area contributed by atoms with Gasteiger partial charge < -0.3 is 5.32 Å². The summed E-state index contributed by atoms with van der Waals surface area (Å²) in [7, 11) is 0. The average molecular weight is 272 g/mol. The van der Waals surface area contributed by atoms with Crippen molar-refractivity contribution in [1.29, 1.82) is 0 Å². The number of H-pyrrole nitrogens is 1. The summed E-state index contributed by atoms with van der Waals surface area (Å²) in [5, 5.41) is 9.31. The van der Waals surface area contributed by atoms with E-state index in [1.54, 1.807) is 0 Å². The Morgan fingerprint density at radius 2 is 2.24 bits per heavy atom. The molecule has 0 aliphatic heterocycles. The topological polar surface area (TPSA) is 83.6 Å². The molecule has 0 aliphatic carbocycles. The normalized spacial score (nSPS) is 10.2. The van der Waals surface area contributed by atoms with Crippen LogP contribution in [0.3, 0.4) is 0 Å². The Balaban J connectivity index is 2.07. The highest BCUT2D eigenvalue weighted by Crippen LogP contribution is 2.16. The van der Waals surface area contributed by atoms with Crippen LogP contribution in [0.15, 0.2) is 18.5 Å². The molecule has 2 aromatic rings. The van der Waals surface area contributed by atoms with Gasteiger partial charge in [0.15, 0.2) is 0 Å². The second-order valence-corrected chi connectivity index (χ2v) is 3.87. The molecule has 0 bridgehead atoms. The summed E-state index contributed by atoms with van der Waals surface area (Å²) in [6.07, 6.45) is 1.35. The minimum absolute atomic E-state index is 0.0821. The molecule has 2 aromatic heterocycles. The minimum Gasteiger partial charge on any atom is -0.343 e. The van der Waals surface area contributed by atoms with Gasteiger partial charge in [-0.1, -0.05) is 23.2 Å². The van der Waals surface area contributed by atoms with E-state index < -0.39 is 5.91 Å². The lowest BCUT2D eigenvalue weighted by Gasteiger charge is -2.04. The summed E-state index contributed by atoms with van der Waals surface area (Å²) in [6.45, 7) is 0.212. The lowest BCUT2D eigenvalue weighted by atomic mass is 10.3. The number of hydrogen-bond acceptors (Lipinski definition) is 4. The van der Waals surface area contributed by atoms with Gasteiger partial charge >= 0.3 is 0 Å². The van der Waals surface area contributed by atoms with Crippen molar-refractivity contribution in [2.24, 2.45) is 0 Å². The van der Waals surface area contributed by atoms with Gasteiger partial charge in [0, 0.05) is 0 Å². The summed E-state index contributed by atoms with van der Waals surface area (Å²) >= 11 is 11.5. The number of nitrogens with zero attached hydrogens (tertiary/aromatic N) is 3. The second kappa shape index (κ2) is 5.11. The zero-order chi connectivity index (χ0) is 12.3. The standard InChI is InChI=1S/C9H7Cl2N5O/c10-5-1-2-6(11)15-8(5)9(17)12-3-7-13-4-14-16-7/h1-2,4H,3H2,(H,12,17)(H,13,14,16). The number of pyridine rings is 1. The van der Waals surface area contributed by atoms with Gasteiger partial charge in [-0.05, 0) is 12.1 Å². The van der Waals surface area contributed by atoms with Crippen LogP contribution < -0.4 is 5.32 Å². The van der Waals surface area contributed by atoms with Crippen LogP contribution >= 0.6 is 23.2 Å². The van der Waals surface area contributed by atoms with Gasteiger partial charge in [0.1, 0.15) is 23.0 Å². The van der Waals surface area contributed by atoms with E-state index in [1.807, 2.05) is 0 Å². The van der Waals surface area contributed by atoms with Crippen LogP contribution in [0.4, 0.5) is 0 Å². The van der Waals surface area contributed by atoms with Crippen LogP contribution in [0.5, 0.6) is 0 Å². The highest BCUT2D eigenvalue weighted by molar-refractivity contribution is 6.34. The van der Waals surface area contributed by atoms with E-state index in [4.69, 9.17) is 23.2 Å². The third-order valence-corrected chi connectivity index (χ3v) is 2.42. The molecular weight excluding hydrogens is 265 g/mol. The molecule has 17 heavy (non-hydrogen) atoms. The summed E-state index contributed by atoms with van der Waals surface area (Å²) < 4.78 is 0. The van der Waals surface area contributed by atoms with E-state index in [0.717, 1.165) is 0 Å². The Hall–Kier alpha value is -1.66. The Labute approximate surface area is 106 Å². The zero-order valence-corrected chi connectivity index (χ0v) is 9.96. The lowest BCUT2D eigenvalue weighted by molar-refractivity contribution is 0.0945. The first-order chi connectivity index (χ1) is 8.16. The van der Waals surface area contributed by atoms with Crippen molar-refractivity contribution >= 4 is 29.1 Å². The largest absolute Gasteiger partial charge is 0.343 e. The monoisotopic (exact) mass is 271 g/mol. The second-order valence-electron chi connectivity index (χ2n) is 3.08. The molecule has 2 heterocycles. The van der Waals surface area contributed by atoms with Crippen molar-refractivity contribution in [1.82, 2.24) is 25.5 Å². The highest BCUT2D eigenvalue weighted by Gasteiger charge is 2.12. The number of carbonyl (C=O) groups is 1. The Bertz CT molecular complexity index is 528. The lowest BCUT2D eigenvalue weighted by Crippen LogP contribution is -2.24. The molecule has 0 unspecified atom stereocenters. The number of aromatic nitrogens is 4. The van der Waals surface area contributed by atoms with E-state index >= 15 is 0 Å². The van der Waals surface area contributed by atoms with Gasteiger partial charge in [-0.2, -0.15) is 5.10 Å². The first kappa shape index (κ1) is 11.8. The van der Waals surface area contributed by atoms with E-state index in [-0.39, 0.29) is 22.4 Å². The first-order valence-corrected chi connectivity index (χ1v) is 5.37. The quantitative estimate of drug-likeness (QED) is 0.828. The summed E-state index contributed by atoms with van der Waals surface area (Å²) in [5.74, 6) is 0.116. The zero-order valence-electron chi connectivity index (χ0n) is 8.44. The van der Waals surface area contributed by atoms with E-state index in [1.165, 1.54) is 18.5 Å². The number of carbonyl (C=O) groups excluding carboxylic acids is 1. The highest BCUT2D eigenvalue weighted by atomic mass is 35.5. The maximum atomic E-state index is 11.7. The van der Waals surface area contributed by atoms with Crippen molar-refractivity contribution in [3.05, 3.63) is 40.2 Å². The maximum absolute atomic E-state index is 11.7. The molecule has 8 heteroatoms.